The number of anilines is 1. The predicted octanol–water partition coefficient (Wildman–Crippen LogP) is 4.01. The first-order valence-corrected chi connectivity index (χ1v) is 10.00. The number of carboxylic acid groups (broad SMARTS) is 1. The van der Waals surface area contributed by atoms with E-state index in [1.807, 2.05) is 31.2 Å². The average molecular weight is 439 g/mol. The molecule has 1 saturated heterocycles. The van der Waals surface area contributed by atoms with Gasteiger partial charge in [-0.1, -0.05) is 19.9 Å². The van der Waals surface area contributed by atoms with E-state index < -0.39 is 12.1 Å². The molecule has 3 heterocycles. The van der Waals surface area contributed by atoms with Gasteiger partial charge >= 0.3 is 12.1 Å². The Kier molecular flexibility index (Phi) is 8.32. The monoisotopic (exact) mass is 439 g/mol. The van der Waals surface area contributed by atoms with Crippen LogP contribution in [-0.2, 0) is 4.79 Å². The van der Waals surface area contributed by atoms with E-state index in [1.165, 1.54) is 25.9 Å². The van der Waals surface area contributed by atoms with Gasteiger partial charge < -0.3 is 15.3 Å². The minimum absolute atomic E-state index is 0.203. The molecule has 31 heavy (non-hydrogen) atoms. The third-order valence-electron chi connectivity index (χ3n) is 4.59. The molecule has 0 bridgehead atoms. The Balaban J connectivity index is 0.000000423. The van der Waals surface area contributed by atoms with Gasteiger partial charge in [0.05, 0.1) is 0 Å². The van der Waals surface area contributed by atoms with Gasteiger partial charge in [0, 0.05) is 31.0 Å². The SMILES string of the molecule is Cc1cc(NCC(C)(C)CN2CCCC2)nc(-c2ccccn2)n1.O=C(O)C(F)(F)F. The molecule has 0 unspecified atom stereocenters. The molecular formula is C21H28F3N5O2. The largest absolute Gasteiger partial charge is 0.490 e. The zero-order valence-corrected chi connectivity index (χ0v) is 17.9. The number of aromatic nitrogens is 3. The Hall–Kier alpha value is -2.75. The van der Waals surface area contributed by atoms with E-state index in [4.69, 9.17) is 9.90 Å². The summed E-state index contributed by atoms with van der Waals surface area (Å²) in [5.41, 5.74) is 1.96. The van der Waals surface area contributed by atoms with Crippen molar-refractivity contribution in [2.75, 3.05) is 31.5 Å². The Morgan fingerprint density at radius 2 is 1.84 bits per heavy atom. The van der Waals surface area contributed by atoms with E-state index in [1.54, 1.807) is 6.20 Å². The molecule has 0 amide bonds. The molecule has 3 rings (SSSR count). The van der Waals surface area contributed by atoms with Crippen molar-refractivity contribution in [3.8, 4) is 11.5 Å². The molecule has 0 atom stereocenters. The minimum Gasteiger partial charge on any atom is -0.475 e. The van der Waals surface area contributed by atoms with Crippen LogP contribution in [0.15, 0.2) is 30.5 Å². The quantitative estimate of drug-likeness (QED) is 0.703. The van der Waals surface area contributed by atoms with Gasteiger partial charge in [-0.2, -0.15) is 13.2 Å². The zero-order chi connectivity index (χ0) is 23.1. The molecule has 170 valence electrons. The van der Waals surface area contributed by atoms with Crippen molar-refractivity contribution < 1.29 is 23.1 Å². The molecule has 0 spiro atoms. The van der Waals surface area contributed by atoms with Crippen LogP contribution in [0.4, 0.5) is 19.0 Å². The lowest BCUT2D eigenvalue weighted by atomic mass is 9.93. The first-order chi connectivity index (χ1) is 14.5. The van der Waals surface area contributed by atoms with Crippen LogP contribution < -0.4 is 5.32 Å². The highest BCUT2D eigenvalue weighted by atomic mass is 19.4. The van der Waals surface area contributed by atoms with Crippen LogP contribution in [0, 0.1) is 12.3 Å². The molecule has 2 aromatic heterocycles. The molecule has 0 aromatic carbocycles. The van der Waals surface area contributed by atoms with E-state index in [0.29, 0.717) is 5.82 Å². The molecule has 2 N–H and O–H groups in total. The lowest BCUT2D eigenvalue weighted by Crippen LogP contribution is -2.37. The molecule has 1 fully saturated rings. The van der Waals surface area contributed by atoms with Crippen molar-refractivity contribution in [1.29, 1.82) is 0 Å². The van der Waals surface area contributed by atoms with E-state index in [9.17, 15) is 13.2 Å². The minimum atomic E-state index is -5.08. The van der Waals surface area contributed by atoms with Crippen molar-refractivity contribution in [1.82, 2.24) is 19.9 Å². The van der Waals surface area contributed by atoms with Gasteiger partial charge in [-0.3, -0.25) is 4.98 Å². The molecule has 10 heteroatoms. The number of rotatable bonds is 6. The summed E-state index contributed by atoms with van der Waals surface area (Å²) in [5.74, 6) is -1.21. The summed E-state index contributed by atoms with van der Waals surface area (Å²) in [6.45, 7) is 11.1. The number of halogens is 3. The number of hydrogen-bond donors (Lipinski definition) is 2. The standard InChI is InChI=1S/C19H27N5.C2HF3O2/c1-15-12-17(23-18(22-15)16-8-4-5-9-20-16)21-13-19(2,3)14-24-10-6-7-11-24;3-2(4,5)1(6)7/h4-5,8-9,12H,6-7,10-11,13-14H2,1-3H3,(H,21,22,23);(H,6,7). The van der Waals surface area contributed by atoms with Crippen molar-refractivity contribution >= 4 is 11.8 Å². The van der Waals surface area contributed by atoms with E-state index in [2.05, 4.69) is 39.0 Å². The van der Waals surface area contributed by atoms with Crippen LogP contribution in [0.5, 0.6) is 0 Å². The van der Waals surface area contributed by atoms with Crippen LogP contribution in [-0.4, -0.2) is 63.3 Å². The fourth-order valence-corrected chi connectivity index (χ4v) is 3.20. The maximum Gasteiger partial charge on any atom is 0.490 e. The number of nitrogens with one attached hydrogen (secondary N) is 1. The molecule has 1 aliphatic heterocycles. The van der Waals surface area contributed by atoms with Gasteiger partial charge in [0.1, 0.15) is 11.5 Å². The number of carbonyl (C=O) groups is 1. The highest BCUT2D eigenvalue weighted by Gasteiger charge is 2.38. The molecular weight excluding hydrogens is 411 g/mol. The van der Waals surface area contributed by atoms with Crippen molar-refractivity contribution in [3.63, 3.8) is 0 Å². The summed E-state index contributed by atoms with van der Waals surface area (Å²) in [6.07, 6.45) is -0.641. The van der Waals surface area contributed by atoms with Crippen LogP contribution in [0.25, 0.3) is 11.5 Å². The molecule has 2 aromatic rings. The van der Waals surface area contributed by atoms with Crippen LogP contribution >= 0.6 is 0 Å². The number of likely N-dealkylation sites (tertiary alicyclic amines) is 1. The normalized spacial score (nSPS) is 14.6. The molecule has 0 saturated carbocycles. The third-order valence-corrected chi connectivity index (χ3v) is 4.59. The Bertz CT molecular complexity index is 854. The number of carboxylic acids is 1. The maximum atomic E-state index is 10.6. The summed E-state index contributed by atoms with van der Waals surface area (Å²) >= 11 is 0. The molecule has 7 nitrogen and oxygen atoms in total. The Labute approximate surface area is 179 Å². The molecule has 1 aliphatic rings. The summed E-state index contributed by atoms with van der Waals surface area (Å²) in [5, 5.41) is 10.6. The Morgan fingerprint density at radius 1 is 1.19 bits per heavy atom. The summed E-state index contributed by atoms with van der Waals surface area (Å²) in [4.78, 5) is 25.0. The van der Waals surface area contributed by atoms with E-state index >= 15 is 0 Å². The van der Waals surface area contributed by atoms with E-state index in [0.717, 1.165) is 30.3 Å². The average Bonchev–Trinajstić information content (AvgIpc) is 3.19. The van der Waals surface area contributed by atoms with Gasteiger partial charge in [-0.05, 0) is 50.4 Å². The first kappa shape index (κ1) is 24.5. The van der Waals surface area contributed by atoms with Crippen LogP contribution in [0.3, 0.4) is 0 Å². The Morgan fingerprint density at radius 3 is 2.39 bits per heavy atom. The summed E-state index contributed by atoms with van der Waals surface area (Å²) in [6, 6.07) is 7.80. The lowest BCUT2D eigenvalue weighted by Gasteiger charge is -2.30. The van der Waals surface area contributed by atoms with Gasteiger partial charge in [-0.25, -0.2) is 14.8 Å². The number of aryl methyl sites for hydroxylation is 1. The number of pyridine rings is 1. The second-order valence-electron chi connectivity index (χ2n) is 8.24. The summed E-state index contributed by atoms with van der Waals surface area (Å²) < 4.78 is 31.7. The maximum absolute atomic E-state index is 10.6. The highest BCUT2D eigenvalue weighted by Crippen LogP contribution is 2.22. The van der Waals surface area contributed by atoms with Gasteiger partial charge in [-0.15, -0.1) is 0 Å². The van der Waals surface area contributed by atoms with Gasteiger partial charge in [0.2, 0.25) is 0 Å². The van der Waals surface area contributed by atoms with Crippen molar-refractivity contribution in [2.24, 2.45) is 5.41 Å². The highest BCUT2D eigenvalue weighted by molar-refractivity contribution is 5.73. The third kappa shape index (κ3) is 8.49. The summed E-state index contributed by atoms with van der Waals surface area (Å²) in [7, 11) is 0. The predicted molar refractivity (Wildman–Crippen MR) is 112 cm³/mol. The van der Waals surface area contributed by atoms with Crippen molar-refractivity contribution in [3.05, 3.63) is 36.2 Å². The zero-order valence-electron chi connectivity index (χ0n) is 17.9. The molecule has 0 aliphatic carbocycles. The fraction of sp³-hybridized carbons (Fsp3) is 0.524. The molecule has 0 radical (unpaired) electrons. The van der Waals surface area contributed by atoms with Crippen molar-refractivity contribution in [2.45, 2.75) is 39.8 Å². The van der Waals surface area contributed by atoms with Crippen LogP contribution in [0.2, 0.25) is 0 Å². The van der Waals surface area contributed by atoms with E-state index in [-0.39, 0.29) is 5.41 Å². The number of aliphatic carboxylic acids is 1. The second kappa shape index (κ2) is 10.5. The topological polar surface area (TPSA) is 91.2 Å². The number of hydrogen-bond acceptors (Lipinski definition) is 6. The number of alkyl halides is 3. The first-order valence-electron chi connectivity index (χ1n) is 10.00. The smallest absolute Gasteiger partial charge is 0.475 e. The van der Waals surface area contributed by atoms with Gasteiger partial charge in [0.15, 0.2) is 5.82 Å². The number of nitrogens with zero attached hydrogens (tertiary/aromatic N) is 4. The lowest BCUT2D eigenvalue weighted by molar-refractivity contribution is -0.192. The van der Waals surface area contributed by atoms with Gasteiger partial charge in [0.25, 0.3) is 0 Å². The fourth-order valence-electron chi connectivity index (χ4n) is 3.20. The van der Waals surface area contributed by atoms with Crippen LogP contribution in [0.1, 0.15) is 32.4 Å². The second-order valence-corrected chi connectivity index (χ2v) is 8.24.